The van der Waals surface area contributed by atoms with Crippen molar-refractivity contribution in [3.8, 4) is 0 Å². The van der Waals surface area contributed by atoms with Crippen molar-refractivity contribution in [1.82, 2.24) is 13.9 Å². The number of nitrogens with zero attached hydrogens (tertiary/aromatic N) is 2. The molecule has 0 saturated carbocycles. The second kappa shape index (κ2) is 7.70. The molecule has 2 heterocycles. The van der Waals surface area contributed by atoms with Crippen molar-refractivity contribution in [2.45, 2.75) is 38.6 Å². The minimum Gasteiger partial charge on any atom is -0.379 e. The molecule has 2 rings (SSSR count). The molecule has 2 aliphatic rings. The SMILES string of the molecule is CC1CCCCN1CCCNS(=O)(=O)N1CCOCC1. The number of piperidine rings is 1. The molecule has 2 aliphatic heterocycles. The number of ether oxygens (including phenoxy) is 1. The van der Waals surface area contributed by atoms with Crippen molar-refractivity contribution in [2.75, 3.05) is 45.9 Å². The molecule has 0 aliphatic carbocycles. The Hall–Kier alpha value is -0.210. The van der Waals surface area contributed by atoms with Gasteiger partial charge >= 0.3 is 0 Å². The molecule has 0 bridgehead atoms. The molecule has 0 spiro atoms. The van der Waals surface area contributed by atoms with Crippen molar-refractivity contribution in [3.05, 3.63) is 0 Å². The summed E-state index contributed by atoms with van der Waals surface area (Å²) >= 11 is 0. The maximum absolute atomic E-state index is 12.0. The maximum Gasteiger partial charge on any atom is 0.279 e. The molecule has 2 saturated heterocycles. The van der Waals surface area contributed by atoms with E-state index in [1.807, 2.05) is 0 Å². The van der Waals surface area contributed by atoms with Crippen LogP contribution in [0.15, 0.2) is 0 Å². The zero-order valence-electron chi connectivity index (χ0n) is 12.4. The van der Waals surface area contributed by atoms with Gasteiger partial charge in [0.05, 0.1) is 13.2 Å². The van der Waals surface area contributed by atoms with E-state index in [-0.39, 0.29) is 0 Å². The third-order valence-electron chi connectivity index (χ3n) is 4.16. The molecule has 1 N–H and O–H groups in total. The zero-order valence-corrected chi connectivity index (χ0v) is 13.2. The van der Waals surface area contributed by atoms with Gasteiger partial charge in [-0.3, -0.25) is 0 Å². The van der Waals surface area contributed by atoms with Gasteiger partial charge in [0.1, 0.15) is 0 Å². The van der Waals surface area contributed by atoms with Gasteiger partial charge in [-0.05, 0) is 39.3 Å². The highest BCUT2D eigenvalue weighted by atomic mass is 32.2. The Morgan fingerprint density at radius 2 is 1.95 bits per heavy atom. The molecular weight excluding hydrogens is 278 g/mol. The molecule has 0 aromatic heterocycles. The lowest BCUT2D eigenvalue weighted by Gasteiger charge is -2.33. The number of hydrogen-bond donors (Lipinski definition) is 1. The first-order valence-corrected chi connectivity index (χ1v) is 9.10. The molecular formula is C13H27N3O3S. The zero-order chi connectivity index (χ0) is 14.4. The first-order chi connectivity index (χ1) is 9.59. The lowest BCUT2D eigenvalue weighted by atomic mass is 10.0. The van der Waals surface area contributed by atoms with Crippen LogP contribution in [0.25, 0.3) is 0 Å². The molecule has 1 unspecified atom stereocenters. The average Bonchev–Trinajstić information content (AvgIpc) is 2.46. The van der Waals surface area contributed by atoms with E-state index in [9.17, 15) is 8.42 Å². The fourth-order valence-corrected chi connectivity index (χ4v) is 4.07. The Labute approximate surface area is 122 Å². The van der Waals surface area contributed by atoms with Gasteiger partial charge in [-0.15, -0.1) is 0 Å². The maximum atomic E-state index is 12.0. The third kappa shape index (κ3) is 4.66. The second-order valence-corrected chi connectivity index (χ2v) is 7.40. The van der Waals surface area contributed by atoms with Crippen LogP contribution < -0.4 is 4.72 Å². The van der Waals surface area contributed by atoms with Crippen molar-refractivity contribution >= 4 is 10.2 Å². The summed E-state index contributed by atoms with van der Waals surface area (Å²) in [5.74, 6) is 0. The summed E-state index contributed by atoms with van der Waals surface area (Å²) in [5, 5.41) is 0. The van der Waals surface area contributed by atoms with E-state index in [4.69, 9.17) is 4.74 Å². The number of rotatable bonds is 6. The van der Waals surface area contributed by atoms with Crippen molar-refractivity contribution < 1.29 is 13.2 Å². The van der Waals surface area contributed by atoms with Crippen LogP contribution in [-0.2, 0) is 14.9 Å². The summed E-state index contributed by atoms with van der Waals surface area (Å²) in [6.07, 6.45) is 4.72. The lowest BCUT2D eigenvalue weighted by Crippen LogP contribution is -2.47. The summed E-state index contributed by atoms with van der Waals surface area (Å²) in [6.45, 7) is 6.81. The monoisotopic (exact) mass is 305 g/mol. The fraction of sp³-hybridized carbons (Fsp3) is 1.00. The van der Waals surface area contributed by atoms with Gasteiger partial charge in [0.25, 0.3) is 10.2 Å². The minimum absolute atomic E-state index is 0.457. The highest BCUT2D eigenvalue weighted by Crippen LogP contribution is 2.16. The van der Waals surface area contributed by atoms with Crippen LogP contribution in [0.2, 0.25) is 0 Å². The van der Waals surface area contributed by atoms with E-state index >= 15 is 0 Å². The predicted molar refractivity (Wildman–Crippen MR) is 78.8 cm³/mol. The van der Waals surface area contributed by atoms with Crippen LogP contribution in [0.1, 0.15) is 32.6 Å². The van der Waals surface area contributed by atoms with Gasteiger partial charge < -0.3 is 9.64 Å². The molecule has 0 aromatic rings. The van der Waals surface area contributed by atoms with Gasteiger partial charge in [-0.2, -0.15) is 12.7 Å². The highest BCUT2D eigenvalue weighted by Gasteiger charge is 2.23. The average molecular weight is 305 g/mol. The van der Waals surface area contributed by atoms with Gasteiger partial charge in [-0.1, -0.05) is 6.42 Å². The van der Waals surface area contributed by atoms with E-state index < -0.39 is 10.2 Å². The standard InChI is InChI=1S/C13H27N3O3S/c1-13-5-2-3-7-15(13)8-4-6-14-20(17,18)16-9-11-19-12-10-16/h13-14H,2-12H2,1H3. The first kappa shape index (κ1) is 16.2. The minimum atomic E-state index is -3.32. The summed E-state index contributed by atoms with van der Waals surface area (Å²) in [7, 11) is -3.32. The third-order valence-corrected chi connectivity index (χ3v) is 5.77. The first-order valence-electron chi connectivity index (χ1n) is 7.66. The Morgan fingerprint density at radius 1 is 1.20 bits per heavy atom. The molecule has 6 nitrogen and oxygen atoms in total. The normalized spacial score (nSPS) is 26.8. The summed E-state index contributed by atoms with van der Waals surface area (Å²) in [6, 6.07) is 0.639. The van der Waals surface area contributed by atoms with Crippen LogP contribution in [0.4, 0.5) is 0 Å². The molecule has 0 radical (unpaired) electrons. The van der Waals surface area contributed by atoms with Gasteiger partial charge in [0.15, 0.2) is 0 Å². The summed E-state index contributed by atoms with van der Waals surface area (Å²) in [4.78, 5) is 2.46. The smallest absolute Gasteiger partial charge is 0.279 e. The molecule has 20 heavy (non-hydrogen) atoms. The van der Waals surface area contributed by atoms with E-state index in [2.05, 4.69) is 16.5 Å². The fourth-order valence-electron chi connectivity index (χ4n) is 2.85. The van der Waals surface area contributed by atoms with E-state index in [1.54, 1.807) is 0 Å². The number of nitrogens with one attached hydrogen (secondary N) is 1. The van der Waals surface area contributed by atoms with Crippen molar-refractivity contribution in [3.63, 3.8) is 0 Å². The van der Waals surface area contributed by atoms with Crippen LogP contribution in [0, 0.1) is 0 Å². The largest absolute Gasteiger partial charge is 0.379 e. The molecule has 0 aromatic carbocycles. The molecule has 0 amide bonds. The van der Waals surface area contributed by atoms with Crippen molar-refractivity contribution in [1.29, 1.82) is 0 Å². The van der Waals surface area contributed by atoms with Crippen LogP contribution in [0.5, 0.6) is 0 Å². The van der Waals surface area contributed by atoms with Crippen molar-refractivity contribution in [2.24, 2.45) is 0 Å². The Kier molecular flexibility index (Phi) is 6.22. The Bertz CT molecular complexity index is 382. The topological polar surface area (TPSA) is 61.9 Å². The molecule has 118 valence electrons. The second-order valence-electron chi connectivity index (χ2n) is 5.65. The number of likely N-dealkylation sites (tertiary alicyclic amines) is 1. The number of hydrogen-bond acceptors (Lipinski definition) is 4. The Balaban J connectivity index is 1.66. The molecule has 2 fully saturated rings. The summed E-state index contributed by atoms with van der Waals surface area (Å²) < 4.78 is 33.4. The predicted octanol–water partition coefficient (Wildman–Crippen LogP) is 0.418. The van der Waals surface area contributed by atoms with Gasteiger partial charge in [0.2, 0.25) is 0 Å². The van der Waals surface area contributed by atoms with E-state index in [0.29, 0.717) is 38.9 Å². The van der Waals surface area contributed by atoms with Gasteiger partial charge in [-0.25, -0.2) is 4.72 Å². The van der Waals surface area contributed by atoms with Crippen LogP contribution in [-0.4, -0.2) is 69.6 Å². The van der Waals surface area contributed by atoms with Gasteiger partial charge in [0, 0.05) is 25.7 Å². The Morgan fingerprint density at radius 3 is 2.65 bits per heavy atom. The quantitative estimate of drug-likeness (QED) is 0.722. The van der Waals surface area contributed by atoms with Crippen LogP contribution >= 0.6 is 0 Å². The highest BCUT2D eigenvalue weighted by molar-refractivity contribution is 7.87. The van der Waals surface area contributed by atoms with Crippen LogP contribution in [0.3, 0.4) is 0 Å². The lowest BCUT2D eigenvalue weighted by molar-refractivity contribution is 0.0724. The molecule has 1 atom stereocenters. The van der Waals surface area contributed by atoms with E-state index in [0.717, 1.165) is 19.5 Å². The molecule has 7 heteroatoms. The number of morpholine rings is 1. The van der Waals surface area contributed by atoms with E-state index in [1.165, 1.54) is 23.6 Å². The summed E-state index contributed by atoms with van der Waals surface area (Å²) in [5.41, 5.74) is 0.